The topological polar surface area (TPSA) is 49.3 Å². The van der Waals surface area contributed by atoms with Crippen LogP contribution in [-0.2, 0) is 4.79 Å². The number of aliphatic carboxylic acids is 1. The van der Waals surface area contributed by atoms with Crippen LogP contribution in [0.3, 0.4) is 0 Å². The highest BCUT2D eigenvalue weighted by Crippen LogP contribution is 2.07. The fraction of sp³-hybridized carbons (Fsp3) is 0.923. The van der Waals surface area contributed by atoms with Gasteiger partial charge in [0, 0.05) is 0 Å². The van der Waals surface area contributed by atoms with E-state index in [-0.39, 0.29) is 0 Å². The molecule has 16 heavy (non-hydrogen) atoms. The minimum atomic E-state index is -0.764. The first kappa shape index (κ1) is 15.4. The third-order valence-corrected chi connectivity index (χ3v) is 2.85. The average Bonchev–Trinajstić information content (AvgIpc) is 2.26. The van der Waals surface area contributed by atoms with E-state index in [1.54, 1.807) is 6.92 Å². The first-order valence-electron chi connectivity index (χ1n) is 6.64. The van der Waals surface area contributed by atoms with Crippen molar-refractivity contribution in [3.8, 4) is 0 Å². The number of rotatable bonds is 11. The molecule has 0 aromatic heterocycles. The SMILES string of the molecule is CCCCCCCCCCNC(C)C(=O)O. The second kappa shape index (κ2) is 10.9. The highest BCUT2D eigenvalue weighted by Gasteiger charge is 2.07. The van der Waals surface area contributed by atoms with Gasteiger partial charge >= 0.3 is 5.97 Å². The van der Waals surface area contributed by atoms with Gasteiger partial charge in [-0.25, -0.2) is 0 Å². The maximum atomic E-state index is 10.5. The Bertz CT molecular complexity index is 171. The molecule has 0 rings (SSSR count). The van der Waals surface area contributed by atoms with Crippen LogP contribution >= 0.6 is 0 Å². The number of nitrogens with one attached hydrogen (secondary N) is 1. The van der Waals surface area contributed by atoms with Crippen molar-refractivity contribution in [2.75, 3.05) is 6.54 Å². The molecule has 0 fully saturated rings. The number of carboxylic acids is 1. The molecule has 0 bridgehead atoms. The standard InChI is InChI=1S/C13H27NO2/c1-3-4-5-6-7-8-9-10-11-14-12(2)13(15)16/h12,14H,3-11H2,1-2H3,(H,15,16). The zero-order chi connectivity index (χ0) is 12.2. The molecule has 2 N–H and O–H groups in total. The molecule has 0 aromatic carbocycles. The molecule has 3 nitrogen and oxygen atoms in total. The van der Waals surface area contributed by atoms with Crippen molar-refractivity contribution in [1.29, 1.82) is 0 Å². The Kier molecular flexibility index (Phi) is 10.5. The second-order valence-corrected chi connectivity index (χ2v) is 4.49. The van der Waals surface area contributed by atoms with E-state index in [2.05, 4.69) is 12.2 Å². The smallest absolute Gasteiger partial charge is 0.320 e. The van der Waals surface area contributed by atoms with Gasteiger partial charge < -0.3 is 10.4 Å². The molecule has 0 aliphatic carbocycles. The van der Waals surface area contributed by atoms with E-state index in [1.807, 2.05) is 0 Å². The molecule has 96 valence electrons. The maximum Gasteiger partial charge on any atom is 0.320 e. The van der Waals surface area contributed by atoms with Crippen LogP contribution in [0, 0.1) is 0 Å². The fourth-order valence-corrected chi connectivity index (χ4v) is 1.66. The molecular formula is C13H27NO2. The largest absolute Gasteiger partial charge is 0.480 e. The molecule has 0 amide bonds. The number of hydrogen-bond donors (Lipinski definition) is 2. The van der Waals surface area contributed by atoms with Crippen LogP contribution in [0.5, 0.6) is 0 Å². The Balaban J connectivity index is 3.07. The van der Waals surface area contributed by atoms with Crippen LogP contribution in [0.25, 0.3) is 0 Å². The van der Waals surface area contributed by atoms with E-state index in [9.17, 15) is 4.79 Å². The molecule has 3 heteroatoms. The summed E-state index contributed by atoms with van der Waals surface area (Å²) in [5, 5.41) is 11.6. The lowest BCUT2D eigenvalue weighted by atomic mass is 10.1. The summed E-state index contributed by atoms with van der Waals surface area (Å²) in [6.07, 6.45) is 10.3. The van der Waals surface area contributed by atoms with Crippen molar-refractivity contribution in [1.82, 2.24) is 5.32 Å². The van der Waals surface area contributed by atoms with Crippen molar-refractivity contribution in [3.05, 3.63) is 0 Å². The lowest BCUT2D eigenvalue weighted by Gasteiger charge is -2.08. The van der Waals surface area contributed by atoms with E-state index < -0.39 is 12.0 Å². The monoisotopic (exact) mass is 229 g/mol. The summed E-state index contributed by atoms with van der Waals surface area (Å²) in [7, 11) is 0. The van der Waals surface area contributed by atoms with Gasteiger partial charge in [0.2, 0.25) is 0 Å². The van der Waals surface area contributed by atoms with Crippen molar-refractivity contribution in [3.63, 3.8) is 0 Å². The first-order valence-corrected chi connectivity index (χ1v) is 6.64. The number of unbranched alkanes of at least 4 members (excludes halogenated alkanes) is 7. The highest BCUT2D eigenvalue weighted by molar-refractivity contribution is 5.72. The Morgan fingerprint density at radius 2 is 1.56 bits per heavy atom. The van der Waals surface area contributed by atoms with Gasteiger partial charge in [-0.05, 0) is 19.9 Å². The second-order valence-electron chi connectivity index (χ2n) is 4.49. The molecule has 0 aliphatic heterocycles. The molecular weight excluding hydrogens is 202 g/mol. The van der Waals surface area contributed by atoms with E-state index in [1.165, 1.54) is 44.9 Å². The van der Waals surface area contributed by atoms with Crippen LogP contribution < -0.4 is 5.32 Å². The normalized spacial score (nSPS) is 12.6. The number of carboxylic acid groups (broad SMARTS) is 1. The molecule has 0 saturated heterocycles. The van der Waals surface area contributed by atoms with Gasteiger partial charge in [-0.1, -0.05) is 51.9 Å². The van der Waals surface area contributed by atoms with Gasteiger partial charge in [0.05, 0.1) is 0 Å². The molecule has 1 atom stereocenters. The summed E-state index contributed by atoms with van der Waals surface area (Å²) in [5.74, 6) is -0.764. The Labute approximate surface area is 99.6 Å². The minimum Gasteiger partial charge on any atom is -0.480 e. The summed E-state index contributed by atoms with van der Waals surface area (Å²) in [4.78, 5) is 10.5. The third-order valence-electron chi connectivity index (χ3n) is 2.85. The number of hydrogen-bond acceptors (Lipinski definition) is 2. The summed E-state index contributed by atoms with van der Waals surface area (Å²) in [6, 6.07) is -0.412. The van der Waals surface area contributed by atoms with Crippen molar-refractivity contribution in [2.24, 2.45) is 0 Å². The zero-order valence-corrected chi connectivity index (χ0v) is 10.8. The van der Waals surface area contributed by atoms with Crippen LogP contribution in [0.1, 0.15) is 65.2 Å². The van der Waals surface area contributed by atoms with Gasteiger partial charge in [0.25, 0.3) is 0 Å². The quantitative estimate of drug-likeness (QED) is 0.535. The van der Waals surface area contributed by atoms with Crippen molar-refractivity contribution in [2.45, 2.75) is 71.3 Å². The first-order chi connectivity index (χ1) is 7.68. The van der Waals surface area contributed by atoms with Crippen LogP contribution in [0.4, 0.5) is 0 Å². The van der Waals surface area contributed by atoms with E-state index in [0.29, 0.717) is 0 Å². The Morgan fingerprint density at radius 3 is 2.06 bits per heavy atom. The van der Waals surface area contributed by atoms with E-state index in [4.69, 9.17) is 5.11 Å². The fourth-order valence-electron chi connectivity index (χ4n) is 1.66. The van der Waals surface area contributed by atoms with Gasteiger partial charge in [-0.15, -0.1) is 0 Å². The molecule has 0 spiro atoms. The lowest BCUT2D eigenvalue weighted by Crippen LogP contribution is -2.34. The predicted molar refractivity (Wildman–Crippen MR) is 67.7 cm³/mol. The Hall–Kier alpha value is -0.570. The van der Waals surface area contributed by atoms with Crippen LogP contribution in [-0.4, -0.2) is 23.7 Å². The molecule has 0 aliphatic rings. The summed E-state index contributed by atoms with van der Waals surface area (Å²) < 4.78 is 0. The molecule has 0 radical (unpaired) electrons. The van der Waals surface area contributed by atoms with Gasteiger partial charge in [0.15, 0.2) is 0 Å². The third kappa shape index (κ3) is 9.97. The van der Waals surface area contributed by atoms with Crippen LogP contribution in [0.15, 0.2) is 0 Å². The molecule has 0 saturated carbocycles. The van der Waals surface area contributed by atoms with Crippen molar-refractivity contribution < 1.29 is 9.90 Å². The van der Waals surface area contributed by atoms with Gasteiger partial charge in [0.1, 0.15) is 6.04 Å². The van der Waals surface area contributed by atoms with Crippen molar-refractivity contribution >= 4 is 5.97 Å². The Morgan fingerprint density at radius 1 is 1.06 bits per heavy atom. The van der Waals surface area contributed by atoms with E-state index in [0.717, 1.165) is 13.0 Å². The van der Waals surface area contributed by atoms with Crippen LogP contribution in [0.2, 0.25) is 0 Å². The maximum absolute atomic E-state index is 10.5. The van der Waals surface area contributed by atoms with Gasteiger partial charge in [-0.2, -0.15) is 0 Å². The average molecular weight is 229 g/mol. The molecule has 0 heterocycles. The molecule has 1 unspecified atom stereocenters. The summed E-state index contributed by atoms with van der Waals surface area (Å²) in [6.45, 7) is 4.74. The lowest BCUT2D eigenvalue weighted by molar-refractivity contribution is -0.138. The molecule has 0 aromatic rings. The summed E-state index contributed by atoms with van der Waals surface area (Å²) in [5.41, 5.74) is 0. The zero-order valence-electron chi connectivity index (χ0n) is 10.8. The highest BCUT2D eigenvalue weighted by atomic mass is 16.4. The van der Waals surface area contributed by atoms with Gasteiger partial charge in [-0.3, -0.25) is 4.79 Å². The minimum absolute atomic E-state index is 0.412. The summed E-state index contributed by atoms with van der Waals surface area (Å²) >= 11 is 0. The van der Waals surface area contributed by atoms with E-state index >= 15 is 0 Å². The number of carbonyl (C=O) groups is 1. The predicted octanol–water partition coefficient (Wildman–Crippen LogP) is 3.19.